The van der Waals surface area contributed by atoms with E-state index in [1.165, 1.54) is 5.56 Å². The average molecular weight is 396 g/mol. The molecule has 3 heterocycles. The van der Waals surface area contributed by atoms with Gasteiger partial charge in [-0.25, -0.2) is 9.97 Å². The fraction of sp³-hybridized carbons (Fsp3) is 0.476. The summed E-state index contributed by atoms with van der Waals surface area (Å²) in [5.74, 6) is 1.71. The zero-order chi connectivity index (χ0) is 20.1. The number of nitrogens with zero attached hydrogens (tertiary/aromatic N) is 4. The normalized spacial score (nSPS) is 19.3. The molecule has 0 atom stereocenters. The lowest BCUT2D eigenvalue weighted by molar-refractivity contribution is -0.136. The monoisotopic (exact) mass is 396 g/mol. The first-order valence-corrected chi connectivity index (χ1v) is 10.2. The van der Waals surface area contributed by atoms with Crippen LogP contribution in [0, 0.1) is 0 Å². The molecule has 29 heavy (non-hydrogen) atoms. The Morgan fingerprint density at radius 3 is 2.69 bits per heavy atom. The van der Waals surface area contributed by atoms with Gasteiger partial charge in [0.1, 0.15) is 18.0 Å². The van der Waals surface area contributed by atoms with E-state index in [-0.39, 0.29) is 5.91 Å². The van der Waals surface area contributed by atoms with Gasteiger partial charge in [-0.2, -0.15) is 0 Å². The van der Waals surface area contributed by atoms with Crippen LogP contribution in [0.5, 0.6) is 0 Å². The van der Waals surface area contributed by atoms with E-state index in [1.807, 2.05) is 24.3 Å². The second-order valence-corrected chi connectivity index (χ2v) is 7.80. The summed E-state index contributed by atoms with van der Waals surface area (Å²) in [6, 6.07) is 12.1. The number of nitrogens with one attached hydrogen (secondary N) is 2. The third kappa shape index (κ3) is 5.02. The molecule has 0 bridgehead atoms. The van der Waals surface area contributed by atoms with E-state index < -0.39 is 5.60 Å². The van der Waals surface area contributed by atoms with Crippen molar-refractivity contribution in [1.82, 2.24) is 20.2 Å². The topological polar surface area (TPSA) is 93.6 Å². The van der Waals surface area contributed by atoms with E-state index in [2.05, 4.69) is 37.6 Å². The van der Waals surface area contributed by atoms with E-state index in [0.717, 1.165) is 18.2 Å². The van der Waals surface area contributed by atoms with Gasteiger partial charge in [0.2, 0.25) is 5.91 Å². The molecule has 2 fully saturated rings. The summed E-state index contributed by atoms with van der Waals surface area (Å²) in [6.07, 6.45) is 2.80. The molecule has 0 saturated carbocycles. The molecule has 0 aliphatic carbocycles. The molecule has 8 heteroatoms. The van der Waals surface area contributed by atoms with Gasteiger partial charge in [0.15, 0.2) is 0 Å². The van der Waals surface area contributed by atoms with Gasteiger partial charge >= 0.3 is 0 Å². The number of hydrogen-bond acceptors (Lipinski definition) is 7. The van der Waals surface area contributed by atoms with Crippen molar-refractivity contribution in [3.05, 3.63) is 48.3 Å². The largest absolute Gasteiger partial charge is 0.388 e. The average Bonchev–Trinajstić information content (AvgIpc) is 2.75. The molecule has 2 saturated heterocycles. The zero-order valence-corrected chi connectivity index (χ0v) is 16.5. The summed E-state index contributed by atoms with van der Waals surface area (Å²) in [5, 5.41) is 17.4. The summed E-state index contributed by atoms with van der Waals surface area (Å²) in [4.78, 5) is 24.7. The maximum Gasteiger partial charge on any atom is 0.236 e. The fourth-order valence-electron chi connectivity index (χ4n) is 3.88. The smallest absolute Gasteiger partial charge is 0.236 e. The molecule has 0 radical (unpaired) electrons. The summed E-state index contributed by atoms with van der Waals surface area (Å²) >= 11 is 0. The number of aliphatic hydroxyl groups is 1. The van der Waals surface area contributed by atoms with Crippen LogP contribution in [-0.4, -0.2) is 70.8 Å². The molecule has 1 aromatic heterocycles. The summed E-state index contributed by atoms with van der Waals surface area (Å²) in [6.45, 7) is 4.32. The first-order chi connectivity index (χ1) is 14.1. The van der Waals surface area contributed by atoms with Gasteiger partial charge in [0.25, 0.3) is 0 Å². The summed E-state index contributed by atoms with van der Waals surface area (Å²) in [5.41, 5.74) is 0.364. The quantitative estimate of drug-likeness (QED) is 0.667. The molecule has 154 valence electrons. The SMILES string of the molecule is O=C1CNCCN1CC1(O)CCN(c2cc(NCc3ccccc3)ncn2)CC1. The first kappa shape index (κ1) is 19.6. The van der Waals surface area contributed by atoms with Crippen LogP contribution in [0.15, 0.2) is 42.7 Å². The number of hydrogen-bond donors (Lipinski definition) is 3. The van der Waals surface area contributed by atoms with Gasteiger partial charge in [-0.1, -0.05) is 30.3 Å². The van der Waals surface area contributed by atoms with Crippen molar-refractivity contribution in [1.29, 1.82) is 0 Å². The molecule has 0 spiro atoms. The Morgan fingerprint density at radius 1 is 1.14 bits per heavy atom. The lowest BCUT2D eigenvalue weighted by atomic mass is 9.90. The molecule has 4 rings (SSSR count). The maximum absolute atomic E-state index is 12.0. The second-order valence-electron chi connectivity index (χ2n) is 7.80. The molecular weight excluding hydrogens is 368 g/mol. The minimum absolute atomic E-state index is 0.0667. The minimum Gasteiger partial charge on any atom is -0.388 e. The van der Waals surface area contributed by atoms with Crippen molar-refractivity contribution in [2.75, 3.05) is 49.5 Å². The Kier molecular flexibility index (Phi) is 5.92. The van der Waals surface area contributed by atoms with Crippen LogP contribution >= 0.6 is 0 Å². The molecule has 2 aliphatic rings. The zero-order valence-electron chi connectivity index (χ0n) is 16.5. The summed E-state index contributed by atoms with van der Waals surface area (Å²) < 4.78 is 0. The van der Waals surface area contributed by atoms with E-state index in [4.69, 9.17) is 0 Å². The van der Waals surface area contributed by atoms with Crippen molar-refractivity contribution in [2.24, 2.45) is 0 Å². The van der Waals surface area contributed by atoms with Crippen LogP contribution in [0.2, 0.25) is 0 Å². The van der Waals surface area contributed by atoms with Crippen molar-refractivity contribution < 1.29 is 9.90 Å². The molecule has 1 aromatic carbocycles. The Bertz CT molecular complexity index is 823. The number of rotatable bonds is 6. The molecular formula is C21H28N6O2. The highest BCUT2D eigenvalue weighted by molar-refractivity contribution is 5.79. The number of piperidine rings is 1. The molecule has 3 N–H and O–H groups in total. The third-order valence-corrected chi connectivity index (χ3v) is 5.66. The van der Waals surface area contributed by atoms with Crippen LogP contribution in [-0.2, 0) is 11.3 Å². The number of carbonyl (C=O) groups excluding carboxylic acids is 1. The number of aromatic nitrogens is 2. The van der Waals surface area contributed by atoms with Crippen molar-refractivity contribution in [2.45, 2.75) is 25.0 Å². The number of anilines is 2. The highest BCUT2D eigenvalue weighted by Crippen LogP contribution is 2.27. The van der Waals surface area contributed by atoms with Gasteiger partial charge in [0, 0.05) is 45.3 Å². The lowest BCUT2D eigenvalue weighted by Gasteiger charge is -2.42. The van der Waals surface area contributed by atoms with Crippen LogP contribution < -0.4 is 15.5 Å². The number of carbonyl (C=O) groups is 1. The fourth-order valence-corrected chi connectivity index (χ4v) is 3.88. The Balaban J connectivity index is 1.33. The van der Waals surface area contributed by atoms with E-state index in [9.17, 15) is 9.90 Å². The number of β-amino-alcohol motifs (C(OH)–C–C–N with tert-alkyl or cyclic N) is 1. The van der Waals surface area contributed by atoms with Gasteiger partial charge in [0.05, 0.1) is 12.1 Å². The van der Waals surface area contributed by atoms with Crippen LogP contribution in [0.3, 0.4) is 0 Å². The maximum atomic E-state index is 12.0. The number of piperazine rings is 1. The highest BCUT2D eigenvalue weighted by atomic mass is 16.3. The van der Waals surface area contributed by atoms with Crippen LogP contribution in [0.1, 0.15) is 18.4 Å². The predicted octanol–water partition coefficient (Wildman–Crippen LogP) is 0.852. The van der Waals surface area contributed by atoms with Crippen molar-refractivity contribution in [3.8, 4) is 0 Å². The molecule has 8 nitrogen and oxygen atoms in total. The molecule has 2 aromatic rings. The Morgan fingerprint density at radius 2 is 1.93 bits per heavy atom. The minimum atomic E-state index is -0.828. The van der Waals surface area contributed by atoms with Gasteiger partial charge < -0.3 is 25.5 Å². The molecule has 1 amide bonds. The lowest BCUT2D eigenvalue weighted by Crippen LogP contribution is -2.56. The first-order valence-electron chi connectivity index (χ1n) is 10.2. The second kappa shape index (κ2) is 8.75. The Hall–Kier alpha value is -2.71. The van der Waals surface area contributed by atoms with Gasteiger partial charge in [-0.05, 0) is 18.4 Å². The Labute approximate surface area is 171 Å². The van der Waals surface area contributed by atoms with E-state index >= 15 is 0 Å². The molecule has 0 unspecified atom stereocenters. The molecule has 2 aliphatic heterocycles. The van der Waals surface area contributed by atoms with Gasteiger partial charge in [-0.15, -0.1) is 0 Å². The summed E-state index contributed by atoms with van der Waals surface area (Å²) in [7, 11) is 0. The van der Waals surface area contributed by atoms with Crippen LogP contribution in [0.25, 0.3) is 0 Å². The van der Waals surface area contributed by atoms with Gasteiger partial charge in [-0.3, -0.25) is 4.79 Å². The highest BCUT2D eigenvalue weighted by Gasteiger charge is 2.36. The number of amides is 1. The van der Waals surface area contributed by atoms with Crippen molar-refractivity contribution >= 4 is 17.5 Å². The standard InChI is InChI=1S/C21H28N6O2/c28-20-14-22-8-11-27(20)15-21(29)6-9-26(10-7-21)19-12-18(24-16-25-19)23-13-17-4-2-1-3-5-17/h1-5,12,16,22,29H,6-11,13-15H2,(H,23,24,25). The van der Waals surface area contributed by atoms with E-state index in [1.54, 1.807) is 11.2 Å². The van der Waals surface area contributed by atoms with Crippen molar-refractivity contribution in [3.63, 3.8) is 0 Å². The predicted molar refractivity (Wildman–Crippen MR) is 112 cm³/mol. The van der Waals surface area contributed by atoms with Crippen LogP contribution in [0.4, 0.5) is 11.6 Å². The third-order valence-electron chi connectivity index (χ3n) is 5.66. The van der Waals surface area contributed by atoms with E-state index in [0.29, 0.717) is 52.1 Å². The number of benzene rings is 1.